The van der Waals surface area contributed by atoms with Gasteiger partial charge in [0.25, 0.3) is 0 Å². The normalized spacial score (nSPS) is 33.9. The highest BCUT2D eigenvalue weighted by molar-refractivity contribution is 5.02. The molecule has 0 heterocycles. The summed E-state index contributed by atoms with van der Waals surface area (Å²) in [6.07, 6.45) is 13.1. The molecule has 2 fully saturated rings. The lowest BCUT2D eigenvalue weighted by molar-refractivity contribution is -0.00122. The third-order valence-corrected chi connectivity index (χ3v) is 5.71. The quantitative estimate of drug-likeness (QED) is 0.757. The smallest absolute Gasteiger partial charge is 0.0616 e. The van der Waals surface area contributed by atoms with Crippen LogP contribution in [0.1, 0.15) is 85.0 Å². The molecule has 0 saturated heterocycles. The zero-order valence-electron chi connectivity index (χ0n) is 13.9. The molecule has 2 rings (SSSR count). The number of hydrogen-bond donors (Lipinski definition) is 2. The van der Waals surface area contributed by atoms with E-state index in [1.54, 1.807) is 0 Å². The highest BCUT2D eigenvalue weighted by atomic mass is 16.3. The first kappa shape index (κ1) is 16.3. The fourth-order valence-electron chi connectivity index (χ4n) is 4.74. The maximum absolute atomic E-state index is 10.2. The minimum Gasteiger partial charge on any atom is -0.394 e. The Balaban J connectivity index is 2.12. The van der Waals surface area contributed by atoms with Crippen LogP contribution in [0.4, 0.5) is 0 Å². The standard InChI is InChI=1S/C18H35NO/c1-17(2,3)16-12-8-9-13-18(16,14-20)19-15-10-6-4-5-7-11-15/h15-16,19-20H,4-14H2,1-3H3. The summed E-state index contributed by atoms with van der Waals surface area (Å²) in [7, 11) is 0. The molecule has 0 radical (unpaired) electrons. The Morgan fingerprint density at radius 2 is 1.55 bits per heavy atom. The van der Waals surface area contributed by atoms with Crippen LogP contribution in [0.2, 0.25) is 0 Å². The lowest BCUT2D eigenvalue weighted by atomic mass is 9.62. The molecule has 20 heavy (non-hydrogen) atoms. The van der Waals surface area contributed by atoms with E-state index in [0.29, 0.717) is 18.6 Å². The van der Waals surface area contributed by atoms with Gasteiger partial charge in [-0.25, -0.2) is 0 Å². The van der Waals surface area contributed by atoms with Crippen molar-refractivity contribution >= 4 is 0 Å². The Bertz CT molecular complexity index is 288. The molecule has 2 nitrogen and oxygen atoms in total. The summed E-state index contributed by atoms with van der Waals surface area (Å²) in [5.41, 5.74) is 0.256. The van der Waals surface area contributed by atoms with Crippen molar-refractivity contribution in [3.05, 3.63) is 0 Å². The Labute approximate surface area is 125 Å². The fraction of sp³-hybridized carbons (Fsp3) is 1.00. The number of rotatable bonds is 3. The largest absolute Gasteiger partial charge is 0.394 e. The molecular weight excluding hydrogens is 246 g/mol. The number of aliphatic hydroxyl groups excluding tert-OH is 1. The van der Waals surface area contributed by atoms with Gasteiger partial charge in [0.15, 0.2) is 0 Å². The van der Waals surface area contributed by atoms with E-state index in [1.165, 1.54) is 57.8 Å². The van der Waals surface area contributed by atoms with Crippen LogP contribution >= 0.6 is 0 Å². The van der Waals surface area contributed by atoms with Crippen molar-refractivity contribution in [1.29, 1.82) is 0 Å². The highest BCUT2D eigenvalue weighted by Crippen LogP contribution is 2.44. The van der Waals surface area contributed by atoms with E-state index in [1.807, 2.05) is 0 Å². The number of aliphatic hydroxyl groups is 1. The van der Waals surface area contributed by atoms with Crippen LogP contribution in [0.3, 0.4) is 0 Å². The second-order valence-electron chi connectivity index (χ2n) is 8.31. The lowest BCUT2D eigenvalue weighted by Crippen LogP contribution is -2.61. The Hall–Kier alpha value is -0.0800. The summed E-state index contributed by atoms with van der Waals surface area (Å²) in [4.78, 5) is 0. The van der Waals surface area contributed by atoms with Gasteiger partial charge in [-0.3, -0.25) is 0 Å². The summed E-state index contributed by atoms with van der Waals surface area (Å²) in [6, 6.07) is 0.632. The highest BCUT2D eigenvalue weighted by Gasteiger charge is 2.46. The molecule has 2 heteroatoms. The summed E-state index contributed by atoms with van der Waals surface area (Å²) >= 11 is 0. The Morgan fingerprint density at radius 3 is 2.10 bits per heavy atom. The first-order valence-electron chi connectivity index (χ1n) is 8.86. The molecule has 0 spiro atoms. The van der Waals surface area contributed by atoms with Gasteiger partial charge in [0.1, 0.15) is 0 Å². The minimum absolute atomic E-state index is 0.0223. The van der Waals surface area contributed by atoms with Crippen LogP contribution in [-0.4, -0.2) is 23.3 Å². The molecule has 0 aliphatic heterocycles. The van der Waals surface area contributed by atoms with Crippen molar-refractivity contribution in [3.8, 4) is 0 Å². The first-order valence-corrected chi connectivity index (χ1v) is 8.86. The molecule has 0 aromatic carbocycles. The molecule has 0 aromatic rings. The molecule has 0 bridgehead atoms. The van der Waals surface area contributed by atoms with Crippen molar-refractivity contribution in [2.45, 2.75) is 96.6 Å². The van der Waals surface area contributed by atoms with Gasteiger partial charge in [0.2, 0.25) is 0 Å². The predicted molar refractivity (Wildman–Crippen MR) is 85.9 cm³/mol. The maximum Gasteiger partial charge on any atom is 0.0616 e. The summed E-state index contributed by atoms with van der Waals surface area (Å²) in [5.74, 6) is 0.594. The SMILES string of the molecule is CC(C)(C)C1CCCCC1(CO)NC1CCCCCC1. The topological polar surface area (TPSA) is 32.3 Å². The number of nitrogens with one attached hydrogen (secondary N) is 1. The van der Waals surface area contributed by atoms with Gasteiger partial charge in [-0.05, 0) is 37.0 Å². The van der Waals surface area contributed by atoms with Crippen LogP contribution in [0, 0.1) is 11.3 Å². The average molecular weight is 281 g/mol. The zero-order chi connectivity index (χ0) is 14.6. The van der Waals surface area contributed by atoms with E-state index < -0.39 is 0 Å². The monoisotopic (exact) mass is 281 g/mol. The number of hydrogen-bond acceptors (Lipinski definition) is 2. The molecule has 2 N–H and O–H groups in total. The van der Waals surface area contributed by atoms with Gasteiger partial charge < -0.3 is 10.4 Å². The second kappa shape index (κ2) is 6.79. The van der Waals surface area contributed by atoms with Gasteiger partial charge in [0, 0.05) is 11.6 Å². The predicted octanol–water partition coefficient (Wildman–Crippen LogP) is 4.27. The molecule has 2 aliphatic rings. The van der Waals surface area contributed by atoms with Crippen molar-refractivity contribution < 1.29 is 5.11 Å². The van der Waals surface area contributed by atoms with E-state index in [0.717, 1.165) is 6.42 Å². The van der Waals surface area contributed by atoms with E-state index in [4.69, 9.17) is 0 Å². The van der Waals surface area contributed by atoms with E-state index in [-0.39, 0.29) is 11.0 Å². The van der Waals surface area contributed by atoms with Crippen LogP contribution in [-0.2, 0) is 0 Å². The van der Waals surface area contributed by atoms with Crippen molar-refractivity contribution in [1.82, 2.24) is 5.32 Å². The molecule has 2 atom stereocenters. The molecule has 2 unspecified atom stereocenters. The lowest BCUT2D eigenvalue weighted by Gasteiger charge is -2.51. The van der Waals surface area contributed by atoms with Gasteiger partial charge in [0.05, 0.1) is 6.61 Å². The third kappa shape index (κ3) is 3.76. The fourth-order valence-corrected chi connectivity index (χ4v) is 4.74. The van der Waals surface area contributed by atoms with Crippen molar-refractivity contribution in [3.63, 3.8) is 0 Å². The van der Waals surface area contributed by atoms with Gasteiger partial charge in [-0.15, -0.1) is 0 Å². The van der Waals surface area contributed by atoms with Crippen LogP contribution in [0.5, 0.6) is 0 Å². The maximum atomic E-state index is 10.2. The van der Waals surface area contributed by atoms with E-state index in [2.05, 4.69) is 26.1 Å². The molecule has 118 valence electrons. The summed E-state index contributed by atoms with van der Waals surface area (Å²) < 4.78 is 0. The van der Waals surface area contributed by atoms with Crippen LogP contribution in [0.25, 0.3) is 0 Å². The average Bonchev–Trinajstić information content (AvgIpc) is 2.66. The van der Waals surface area contributed by atoms with Crippen LogP contribution < -0.4 is 5.32 Å². The van der Waals surface area contributed by atoms with Gasteiger partial charge in [-0.1, -0.05) is 59.3 Å². The molecular formula is C18H35NO. The first-order chi connectivity index (χ1) is 9.48. The second-order valence-corrected chi connectivity index (χ2v) is 8.31. The molecule has 2 aliphatic carbocycles. The molecule has 0 aromatic heterocycles. The van der Waals surface area contributed by atoms with Gasteiger partial charge >= 0.3 is 0 Å². The Morgan fingerprint density at radius 1 is 0.950 bits per heavy atom. The minimum atomic E-state index is -0.0223. The Kier molecular flexibility index (Phi) is 5.53. The van der Waals surface area contributed by atoms with E-state index >= 15 is 0 Å². The molecule has 0 amide bonds. The van der Waals surface area contributed by atoms with Crippen molar-refractivity contribution in [2.75, 3.05) is 6.61 Å². The summed E-state index contributed by atoms with van der Waals surface area (Å²) in [5, 5.41) is 14.2. The summed E-state index contributed by atoms with van der Waals surface area (Å²) in [6.45, 7) is 7.36. The van der Waals surface area contributed by atoms with Gasteiger partial charge in [-0.2, -0.15) is 0 Å². The molecule has 2 saturated carbocycles. The zero-order valence-corrected chi connectivity index (χ0v) is 13.9. The van der Waals surface area contributed by atoms with Crippen molar-refractivity contribution in [2.24, 2.45) is 11.3 Å². The third-order valence-electron chi connectivity index (χ3n) is 5.71. The van der Waals surface area contributed by atoms with E-state index in [9.17, 15) is 5.11 Å². The van der Waals surface area contributed by atoms with Crippen LogP contribution in [0.15, 0.2) is 0 Å².